The van der Waals surface area contributed by atoms with Gasteiger partial charge in [0.15, 0.2) is 5.69 Å². The van der Waals surface area contributed by atoms with E-state index < -0.39 is 5.97 Å². The van der Waals surface area contributed by atoms with Crippen LogP contribution in [0.4, 0.5) is 5.69 Å². The number of rotatable bonds is 4. The van der Waals surface area contributed by atoms with Gasteiger partial charge in [-0.3, -0.25) is 9.89 Å². The Morgan fingerprint density at radius 3 is 3.09 bits per heavy atom. The third-order valence-electron chi connectivity index (χ3n) is 3.77. The molecule has 122 valence electrons. The van der Waals surface area contributed by atoms with Crippen LogP contribution in [0.3, 0.4) is 0 Å². The highest BCUT2D eigenvalue weighted by Gasteiger charge is 2.22. The van der Waals surface area contributed by atoms with Crippen LogP contribution in [-0.2, 0) is 24.8 Å². The average molecular weight is 317 g/mol. The van der Waals surface area contributed by atoms with E-state index in [1.54, 1.807) is 30.8 Å². The fourth-order valence-electron chi connectivity index (χ4n) is 2.64. The van der Waals surface area contributed by atoms with Gasteiger partial charge in [-0.2, -0.15) is 5.10 Å². The number of esters is 1. The summed E-state index contributed by atoms with van der Waals surface area (Å²) >= 11 is 0. The Labute approximate surface area is 133 Å². The molecule has 3 N–H and O–H groups in total. The second kappa shape index (κ2) is 6.25. The Hall–Kier alpha value is -2.61. The largest absolute Gasteiger partial charge is 0.461 e. The molecule has 23 heavy (non-hydrogen) atoms. The molecule has 2 aromatic heterocycles. The number of fused-ring (bicyclic) bond motifs is 1. The van der Waals surface area contributed by atoms with E-state index in [0.717, 1.165) is 24.2 Å². The summed E-state index contributed by atoms with van der Waals surface area (Å²) in [5.74, 6) is -0.718. The number of hydrogen-bond acceptors (Lipinski definition) is 5. The molecule has 0 radical (unpaired) electrons. The summed E-state index contributed by atoms with van der Waals surface area (Å²) in [6.45, 7) is 3.55. The van der Waals surface area contributed by atoms with Gasteiger partial charge in [0.25, 0.3) is 5.91 Å². The number of aromatic nitrogens is 3. The summed E-state index contributed by atoms with van der Waals surface area (Å²) in [6, 6.07) is 1.59. The highest BCUT2D eigenvalue weighted by atomic mass is 16.5. The van der Waals surface area contributed by atoms with Crippen LogP contribution in [-0.4, -0.2) is 39.8 Å². The van der Waals surface area contributed by atoms with Crippen LogP contribution in [0.5, 0.6) is 0 Å². The summed E-state index contributed by atoms with van der Waals surface area (Å²) < 4.78 is 6.60. The number of aryl methyl sites for hydroxylation is 1. The Morgan fingerprint density at radius 2 is 2.30 bits per heavy atom. The molecule has 8 nitrogen and oxygen atoms in total. The van der Waals surface area contributed by atoms with Crippen molar-refractivity contribution in [3.63, 3.8) is 0 Å². The number of anilines is 1. The summed E-state index contributed by atoms with van der Waals surface area (Å²) in [5, 5.41) is 13.0. The Morgan fingerprint density at radius 1 is 1.48 bits per heavy atom. The standard InChI is InChI=1S/C15H19N5O3/c1-3-23-15(22)12-6-9(8-20(12)2)17-14(21)13-10-7-16-5-4-11(10)18-19-13/h6,8,16H,3-5,7H2,1-2H3,(H,17,21)(H,18,19). The van der Waals surface area contributed by atoms with Gasteiger partial charge in [-0.15, -0.1) is 0 Å². The number of hydrogen-bond donors (Lipinski definition) is 3. The van der Waals surface area contributed by atoms with Crippen molar-refractivity contribution in [3.8, 4) is 0 Å². The lowest BCUT2D eigenvalue weighted by Gasteiger charge is -2.12. The SMILES string of the molecule is CCOC(=O)c1cc(NC(=O)c2n[nH]c3c2CNCC3)cn1C. The molecule has 1 aliphatic heterocycles. The van der Waals surface area contributed by atoms with Gasteiger partial charge in [0.05, 0.1) is 12.3 Å². The number of amides is 1. The monoisotopic (exact) mass is 317 g/mol. The van der Waals surface area contributed by atoms with Crippen LogP contribution < -0.4 is 10.6 Å². The zero-order valence-electron chi connectivity index (χ0n) is 13.1. The second-order valence-corrected chi connectivity index (χ2v) is 5.36. The lowest BCUT2D eigenvalue weighted by Crippen LogP contribution is -2.25. The van der Waals surface area contributed by atoms with Gasteiger partial charge in [0.1, 0.15) is 5.69 Å². The van der Waals surface area contributed by atoms with E-state index in [1.807, 2.05) is 0 Å². The van der Waals surface area contributed by atoms with E-state index in [4.69, 9.17) is 4.74 Å². The fraction of sp³-hybridized carbons (Fsp3) is 0.400. The first-order valence-electron chi connectivity index (χ1n) is 7.51. The van der Waals surface area contributed by atoms with Gasteiger partial charge in [-0.25, -0.2) is 4.79 Å². The number of carbonyl (C=O) groups excluding carboxylic acids is 2. The molecule has 0 spiro atoms. The molecule has 2 aromatic rings. The van der Waals surface area contributed by atoms with Gasteiger partial charge in [-0.1, -0.05) is 0 Å². The number of nitrogens with zero attached hydrogens (tertiary/aromatic N) is 2. The number of nitrogens with one attached hydrogen (secondary N) is 3. The van der Waals surface area contributed by atoms with E-state index >= 15 is 0 Å². The Kier molecular flexibility index (Phi) is 4.16. The van der Waals surface area contributed by atoms with Crippen molar-refractivity contribution in [3.05, 3.63) is 34.9 Å². The topological polar surface area (TPSA) is 101 Å². The van der Waals surface area contributed by atoms with Gasteiger partial charge in [-0.05, 0) is 13.0 Å². The zero-order chi connectivity index (χ0) is 16.4. The first-order chi connectivity index (χ1) is 11.1. The maximum Gasteiger partial charge on any atom is 0.355 e. The van der Waals surface area contributed by atoms with Gasteiger partial charge in [0, 0.05) is 44.0 Å². The Balaban J connectivity index is 1.77. The maximum absolute atomic E-state index is 12.4. The molecule has 0 saturated carbocycles. The maximum atomic E-state index is 12.4. The summed E-state index contributed by atoms with van der Waals surface area (Å²) in [4.78, 5) is 24.2. The van der Waals surface area contributed by atoms with Crippen molar-refractivity contribution in [1.29, 1.82) is 0 Å². The molecule has 0 saturated heterocycles. The van der Waals surface area contributed by atoms with Crippen LogP contribution >= 0.6 is 0 Å². The van der Waals surface area contributed by atoms with Gasteiger partial charge < -0.3 is 19.9 Å². The molecular weight excluding hydrogens is 298 g/mol. The summed E-state index contributed by atoms with van der Waals surface area (Å²) in [7, 11) is 1.72. The molecule has 0 bridgehead atoms. The molecule has 3 rings (SSSR count). The lowest BCUT2D eigenvalue weighted by atomic mass is 10.1. The molecule has 0 aromatic carbocycles. The predicted octanol–water partition coefficient (Wildman–Crippen LogP) is 0.823. The molecule has 0 unspecified atom stereocenters. The van der Waals surface area contributed by atoms with E-state index in [1.165, 1.54) is 0 Å². The van der Waals surface area contributed by atoms with Gasteiger partial charge >= 0.3 is 5.97 Å². The molecule has 0 fully saturated rings. The summed E-state index contributed by atoms with van der Waals surface area (Å²) in [5.41, 5.74) is 3.19. The third kappa shape index (κ3) is 2.98. The minimum absolute atomic E-state index is 0.299. The van der Waals surface area contributed by atoms with Gasteiger partial charge in [0.2, 0.25) is 0 Å². The fourth-order valence-corrected chi connectivity index (χ4v) is 2.64. The van der Waals surface area contributed by atoms with Crippen molar-refractivity contribution in [2.45, 2.75) is 19.9 Å². The first kappa shape index (κ1) is 15.3. The number of ether oxygens (including phenoxy) is 1. The molecular formula is C15H19N5O3. The van der Waals surface area contributed by atoms with E-state index in [-0.39, 0.29) is 5.91 Å². The first-order valence-corrected chi connectivity index (χ1v) is 7.51. The minimum Gasteiger partial charge on any atom is -0.461 e. The van der Waals surface area contributed by atoms with Crippen molar-refractivity contribution < 1.29 is 14.3 Å². The highest BCUT2D eigenvalue weighted by molar-refractivity contribution is 6.04. The smallest absolute Gasteiger partial charge is 0.355 e. The van der Waals surface area contributed by atoms with Crippen molar-refractivity contribution in [2.75, 3.05) is 18.5 Å². The predicted molar refractivity (Wildman–Crippen MR) is 83.3 cm³/mol. The van der Waals surface area contributed by atoms with Crippen molar-refractivity contribution in [2.24, 2.45) is 7.05 Å². The summed E-state index contributed by atoms with van der Waals surface area (Å²) in [6.07, 6.45) is 2.50. The number of H-pyrrole nitrogens is 1. The lowest BCUT2D eigenvalue weighted by molar-refractivity contribution is 0.0515. The number of carbonyl (C=O) groups is 2. The Bertz CT molecular complexity index is 746. The second-order valence-electron chi connectivity index (χ2n) is 5.36. The van der Waals surface area contributed by atoms with Crippen LogP contribution in [0, 0.1) is 0 Å². The van der Waals surface area contributed by atoms with E-state index in [2.05, 4.69) is 20.8 Å². The molecule has 0 atom stereocenters. The third-order valence-corrected chi connectivity index (χ3v) is 3.77. The molecule has 1 aliphatic rings. The normalized spacial score (nSPS) is 13.5. The van der Waals surface area contributed by atoms with Crippen molar-refractivity contribution >= 4 is 17.6 Å². The molecule has 1 amide bonds. The van der Waals surface area contributed by atoms with Crippen LogP contribution in [0.2, 0.25) is 0 Å². The zero-order valence-corrected chi connectivity index (χ0v) is 13.1. The minimum atomic E-state index is -0.420. The van der Waals surface area contributed by atoms with E-state index in [9.17, 15) is 9.59 Å². The number of aromatic amines is 1. The van der Waals surface area contributed by atoms with Crippen LogP contribution in [0.25, 0.3) is 0 Å². The van der Waals surface area contributed by atoms with Crippen molar-refractivity contribution in [1.82, 2.24) is 20.1 Å². The quantitative estimate of drug-likeness (QED) is 0.725. The molecule has 8 heteroatoms. The average Bonchev–Trinajstić information content (AvgIpc) is 3.11. The molecule has 3 heterocycles. The van der Waals surface area contributed by atoms with E-state index in [0.29, 0.717) is 30.2 Å². The van der Waals surface area contributed by atoms with Crippen LogP contribution in [0.1, 0.15) is 39.2 Å². The highest BCUT2D eigenvalue weighted by Crippen LogP contribution is 2.18. The molecule has 0 aliphatic carbocycles. The van der Waals surface area contributed by atoms with Crippen LogP contribution in [0.15, 0.2) is 12.3 Å².